The third-order valence-corrected chi connectivity index (χ3v) is 4.83. The molecule has 150 valence electrons. The van der Waals surface area contributed by atoms with Crippen molar-refractivity contribution < 1.29 is 22.7 Å². The quantitative estimate of drug-likeness (QED) is 0.702. The Hall–Kier alpha value is -2.25. The fourth-order valence-electron chi connectivity index (χ4n) is 3.07. The van der Waals surface area contributed by atoms with Gasteiger partial charge in [0.1, 0.15) is 12.4 Å². The number of benzene rings is 2. The Morgan fingerprint density at radius 3 is 2.64 bits per heavy atom. The Balaban J connectivity index is 1.78. The fraction of sp³-hybridized carbons (Fsp3) is 0.350. The van der Waals surface area contributed by atoms with Crippen LogP contribution in [0.1, 0.15) is 27.0 Å². The van der Waals surface area contributed by atoms with Gasteiger partial charge >= 0.3 is 6.18 Å². The van der Waals surface area contributed by atoms with Gasteiger partial charge in [-0.2, -0.15) is 13.2 Å². The van der Waals surface area contributed by atoms with Crippen LogP contribution in [0.4, 0.5) is 13.2 Å². The fourth-order valence-corrected chi connectivity index (χ4v) is 3.30. The average molecular weight is 413 g/mol. The predicted molar refractivity (Wildman–Crippen MR) is 101 cm³/mol. The summed E-state index contributed by atoms with van der Waals surface area (Å²) >= 11 is 5.67. The van der Waals surface area contributed by atoms with E-state index in [0.717, 1.165) is 18.2 Å². The molecule has 0 aromatic heterocycles. The maximum absolute atomic E-state index is 13.1. The van der Waals surface area contributed by atoms with Gasteiger partial charge in [-0.15, -0.1) is 0 Å². The van der Waals surface area contributed by atoms with Gasteiger partial charge in [0.05, 0.1) is 17.1 Å². The SMILES string of the molecule is CN(C)CCOc1cccc2c1CN(Cc1ccc(Cl)c(C(F)(F)F)c1)C2=O. The van der Waals surface area contributed by atoms with Crippen LogP contribution in [-0.4, -0.2) is 43.0 Å². The van der Waals surface area contributed by atoms with Crippen molar-refractivity contribution in [1.29, 1.82) is 0 Å². The van der Waals surface area contributed by atoms with Gasteiger partial charge < -0.3 is 14.5 Å². The number of nitrogens with zero attached hydrogens (tertiary/aromatic N) is 2. The van der Waals surface area contributed by atoms with Crippen LogP contribution in [0.2, 0.25) is 5.02 Å². The average Bonchev–Trinajstić information content (AvgIpc) is 2.92. The molecule has 1 heterocycles. The van der Waals surface area contributed by atoms with Crippen LogP contribution in [0, 0.1) is 0 Å². The van der Waals surface area contributed by atoms with Crippen molar-refractivity contribution in [2.75, 3.05) is 27.2 Å². The number of alkyl halides is 3. The molecule has 2 aromatic carbocycles. The maximum Gasteiger partial charge on any atom is 0.417 e. The molecule has 0 spiro atoms. The molecule has 0 N–H and O–H groups in total. The smallest absolute Gasteiger partial charge is 0.417 e. The zero-order valence-electron chi connectivity index (χ0n) is 15.5. The van der Waals surface area contributed by atoms with Crippen LogP contribution >= 0.6 is 11.6 Å². The van der Waals surface area contributed by atoms with Crippen molar-refractivity contribution in [3.8, 4) is 5.75 Å². The number of fused-ring (bicyclic) bond motifs is 1. The van der Waals surface area contributed by atoms with E-state index in [2.05, 4.69) is 0 Å². The van der Waals surface area contributed by atoms with E-state index in [4.69, 9.17) is 16.3 Å². The summed E-state index contributed by atoms with van der Waals surface area (Å²) < 4.78 is 45.0. The molecule has 0 aliphatic carbocycles. The number of rotatable bonds is 6. The van der Waals surface area contributed by atoms with Gasteiger partial charge in [0.15, 0.2) is 0 Å². The number of ether oxygens (including phenoxy) is 1. The van der Waals surface area contributed by atoms with Crippen LogP contribution in [0.3, 0.4) is 0 Å². The number of hydrogen-bond acceptors (Lipinski definition) is 3. The molecule has 0 unspecified atom stereocenters. The van der Waals surface area contributed by atoms with Gasteiger partial charge in [-0.25, -0.2) is 0 Å². The number of carbonyl (C=O) groups excluding carboxylic acids is 1. The molecule has 0 saturated heterocycles. The monoisotopic (exact) mass is 412 g/mol. The van der Waals surface area contributed by atoms with Crippen LogP contribution in [0.5, 0.6) is 5.75 Å². The summed E-state index contributed by atoms with van der Waals surface area (Å²) in [4.78, 5) is 16.2. The molecule has 3 rings (SSSR count). The Bertz CT molecular complexity index is 884. The number of amides is 1. The van der Waals surface area contributed by atoms with Crippen molar-refractivity contribution >= 4 is 17.5 Å². The van der Waals surface area contributed by atoms with E-state index < -0.39 is 11.7 Å². The van der Waals surface area contributed by atoms with E-state index in [-0.39, 0.29) is 24.0 Å². The highest BCUT2D eigenvalue weighted by molar-refractivity contribution is 6.31. The molecular weight excluding hydrogens is 393 g/mol. The lowest BCUT2D eigenvalue weighted by molar-refractivity contribution is -0.137. The summed E-state index contributed by atoms with van der Waals surface area (Å²) in [6, 6.07) is 8.96. The molecule has 28 heavy (non-hydrogen) atoms. The molecule has 0 saturated carbocycles. The lowest BCUT2D eigenvalue weighted by atomic mass is 10.1. The lowest BCUT2D eigenvalue weighted by Gasteiger charge is -2.18. The molecule has 0 radical (unpaired) electrons. The van der Waals surface area contributed by atoms with Crippen molar-refractivity contribution in [2.45, 2.75) is 19.3 Å². The van der Waals surface area contributed by atoms with Gasteiger partial charge in [-0.1, -0.05) is 23.7 Å². The van der Waals surface area contributed by atoms with Gasteiger partial charge in [0, 0.05) is 24.2 Å². The van der Waals surface area contributed by atoms with Crippen LogP contribution < -0.4 is 4.74 Å². The van der Waals surface area contributed by atoms with Gasteiger partial charge in [0.2, 0.25) is 0 Å². The predicted octanol–water partition coefficient (Wildman–Crippen LogP) is 4.46. The summed E-state index contributed by atoms with van der Waals surface area (Å²) in [6.07, 6.45) is -4.54. The number of carbonyl (C=O) groups is 1. The molecule has 0 bridgehead atoms. The summed E-state index contributed by atoms with van der Waals surface area (Å²) in [7, 11) is 3.87. The molecule has 8 heteroatoms. The van der Waals surface area contributed by atoms with E-state index >= 15 is 0 Å². The maximum atomic E-state index is 13.1. The highest BCUT2D eigenvalue weighted by Gasteiger charge is 2.34. The zero-order chi connectivity index (χ0) is 20.5. The first kappa shape index (κ1) is 20.5. The van der Waals surface area contributed by atoms with E-state index in [1.165, 1.54) is 17.0 Å². The summed E-state index contributed by atoms with van der Waals surface area (Å²) in [6.45, 7) is 1.55. The zero-order valence-corrected chi connectivity index (χ0v) is 16.3. The molecule has 1 aliphatic rings. The Labute approximate surface area is 166 Å². The number of likely N-dealkylation sites (N-methyl/N-ethyl adjacent to an activating group) is 1. The Morgan fingerprint density at radius 2 is 1.96 bits per heavy atom. The molecule has 4 nitrogen and oxygen atoms in total. The third kappa shape index (κ3) is 4.42. The summed E-state index contributed by atoms with van der Waals surface area (Å²) in [5.74, 6) is 0.402. The van der Waals surface area contributed by atoms with Crippen LogP contribution in [0.15, 0.2) is 36.4 Å². The standard InChI is InChI=1S/C20H20ClF3N2O2/c1-25(2)8-9-28-18-5-3-4-14-15(18)12-26(19(14)27)11-13-6-7-17(21)16(10-13)20(22,23)24/h3-7,10H,8-9,11-12H2,1-2H3. The summed E-state index contributed by atoms with van der Waals surface area (Å²) in [5, 5.41) is -0.358. The normalized spacial score (nSPS) is 14.0. The largest absolute Gasteiger partial charge is 0.492 e. The minimum Gasteiger partial charge on any atom is -0.492 e. The molecule has 0 atom stereocenters. The lowest BCUT2D eigenvalue weighted by Crippen LogP contribution is -2.23. The molecule has 1 aliphatic heterocycles. The number of hydrogen-bond donors (Lipinski definition) is 0. The minimum absolute atomic E-state index is 0.0604. The van der Waals surface area contributed by atoms with Gasteiger partial charge in [0.25, 0.3) is 5.91 Å². The first-order valence-electron chi connectivity index (χ1n) is 8.71. The third-order valence-electron chi connectivity index (χ3n) is 4.51. The van der Waals surface area contributed by atoms with Crippen molar-refractivity contribution in [3.05, 3.63) is 63.7 Å². The number of halogens is 4. The first-order chi connectivity index (χ1) is 13.2. The Kier molecular flexibility index (Phi) is 5.86. The van der Waals surface area contributed by atoms with Gasteiger partial charge in [-0.3, -0.25) is 4.79 Å². The van der Waals surface area contributed by atoms with Crippen molar-refractivity contribution in [1.82, 2.24) is 9.80 Å². The van der Waals surface area contributed by atoms with Crippen LogP contribution in [0.25, 0.3) is 0 Å². The minimum atomic E-state index is -4.54. The summed E-state index contributed by atoms with van der Waals surface area (Å²) in [5.41, 5.74) is 0.750. The highest BCUT2D eigenvalue weighted by atomic mass is 35.5. The first-order valence-corrected chi connectivity index (χ1v) is 9.09. The topological polar surface area (TPSA) is 32.8 Å². The second-order valence-electron chi connectivity index (χ2n) is 6.91. The molecule has 2 aromatic rings. The van der Waals surface area contributed by atoms with E-state index in [9.17, 15) is 18.0 Å². The van der Waals surface area contributed by atoms with E-state index in [0.29, 0.717) is 23.5 Å². The second kappa shape index (κ2) is 8.01. The van der Waals surface area contributed by atoms with Gasteiger partial charge in [-0.05, 0) is 43.9 Å². The van der Waals surface area contributed by atoms with Crippen molar-refractivity contribution in [3.63, 3.8) is 0 Å². The molecule has 0 fully saturated rings. The molecule has 1 amide bonds. The molecular formula is C20H20ClF3N2O2. The van der Waals surface area contributed by atoms with Crippen molar-refractivity contribution in [2.24, 2.45) is 0 Å². The van der Waals surface area contributed by atoms with E-state index in [1.807, 2.05) is 19.0 Å². The highest BCUT2D eigenvalue weighted by Crippen LogP contribution is 2.36. The van der Waals surface area contributed by atoms with E-state index in [1.54, 1.807) is 18.2 Å². The second-order valence-corrected chi connectivity index (χ2v) is 7.31. The van der Waals surface area contributed by atoms with Crippen LogP contribution in [-0.2, 0) is 19.3 Å². The Morgan fingerprint density at radius 1 is 1.21 bits per heavy atom.